The first-order chi connectivity index (χ1) is 7.46. The fourth-order valence-corrected chi connectivity index (χ4v) is 1.54. The van der Waals surface area contributed by atoms with Gasteiger partial charge in [0, 0.05) is 5.69 Å². The zero-order chi connectivity index (χ0) is 12.2. The Balaban J connectivity index is 2.87. The molecule has 1 rings (SSSR count). The van der Waals surface area contributed by atoms with E-state index >= 15 is 0 Å². The van der Waals surface area contributed by atoms with Gasteiger partial charge in [0.2, 0.25) is 0 Å². The highest BCUT2D eigenvalue weighted by Crippen LogP contribution is 2.35. The van der Waals surface area contributed by atoms with Crippen LogP contribution in [0.4, 0.5) is 18.9 Å². The zero-order valence-electron chi connectivity index (χ0n) is 8.85. The third kappa shape index (κ3) is 3.13. The molecule has 0 amide bonds. The van der Waals surface area contributed by atoms with E-state index in [1.54, 1.807) is 6.07 Å². The van der Waals surface area contributed by atoms with Crippen molar-refractivity contribution < 1.29 is 13.2 Å². The number of halogens is 3. The van der Waals surface area contributed by atoms with E-state index in [1.807, 2.05) is 0 Å². The number of unbranched alkanes of at least 4 members (excludes halogenated alkanes) is 1. The van der Waals surface area contributed by atoms with Crippen LogP contribution < -0.4 is 11.5 Å². The van der Waals surface area contributed by atoms with Crippen LogP contribution in [0.1, 0.15) is 24.0 Å². The predicted octanol–water partition coefficient (Wildman–Crippen LogP) is 2.57. The van der Waals surface area contributed by atoms with Crippen molar-refractivity contribution >= 4 is 5.69 Å². The maximum absolute atomic E-state index is 12.5. The lowest BCUT2D eigenvalue weighted by atomic mass is 10.0. The number of nitrogens with two attached hydrogens (primary N) is 2. The minimum atomic E-state index is -4.38. The summed E-state index contributed by atoms with van der Waals surface area (Å²) in [5.41, 5.74) is 10.5. The second-order valence-electron chi connectivity index (χ2n) is 3.62. The summed E-state index contributed by atoms with van der Waals surface area (Å²) in [6, 6.07) is 4.01. The van der Waals surface area contributed by atoms with Crippen molar-refractivity contribution in [3.05, 3.63) is 29.3 Å². The monoisotopic (exact) mass is 232 g/mol. The quantitative estimate of drug-likeness (QED) is 0.619. The van der Waals surface area contributed by atoms with Gasteiger partial charge in [-0.1, -0.05) is 12.1 Å². The number of para-hydroxylation sites is 1. The number of nitrogen functional groups attached to an aromatic ring is 1. The summed E-state index contributed by atoms with van der Waals surface area (Å²) in [7, 11) is 0. The molecule has 0 atom stereocenters. The van der Waals surface area contributed by atoms with Gasteiger partial charge < -0.3 is 11.5 Å². The van der Waals surface area contributed by atoms with Crippen molar-refractivity contribution in [2.24, 2.45) is 5.73 Å². The first-order valence-electron chi connectivity index (χ1n) is 5.11. The van der Waals surface area contributed by atoms with Gasteiger partial charge in [0.25, 0.3) is 0 Å². The number of alkyl halides is 3. The van der Waals surface area contributed by atoms with Gasteiger partial charge in [-0.2, -0.15) is 13.2 Å². The minimum absolute atomic E-state index is 0.160. The smallest absolute Gasteiger partial charge is 0.398 e. The standard InChI is InChI=1S/C11H15F3N2/c12-11(13,14)9-6-3-5-8(10(9)16)4-1-2-7-15/h3,5-6H,1-2,4,7,15-16H2. The summed E-state index contributed by atoms with van der Waals surface area (Å²) >= 11 is 0. The lowest BCUT2D eigenvalue weighted by molar-refractivity contribution is -0.136. The highest BCUT2D eigenvalue weighted by molar-refractivity contribution is 5.55. The van der Waals surface area contributed by atoms with Crippen LogP contribution in [0.2, 0.25) is 0 Å². The maximum atomic E-state index is 12.5. The molecule has 5 heteroatoms. The highest BCUT2D eigenvalue weighted by Gasteiger charge is 2.33. The summed E-state index contributed by atoms with van der Waals surface area (Å²) in [5, 5.41) is 0. The van der Waals surface area contributed by atoms with Gasteiger partial charge in [-0.15, -0.1) is 0 Å². The van der Waals surface area contributed by atoms with Crippen LogP contribution in [0.15, 0.2) is 18.2 Å². The number of rotatable bonds is 4. The Kier molecular flexibility index (Phi) is 4.18. The number of anilines is 1. The van der Waals surface area contributed by atoms with Gasteiger partial charge in [-0.05, 0) is 37.4 Å². The van der Waals surface area contributed by atoms with Crippen molar-refractivity contribution in [1.29, 1.82) is 0 Å². The first-order valence-corrected chi connectivity index (χ1v) is 5.11. The van der Waals surface area contributed by atoms with Gasteiger partial charge >= 0.3 is 6.18 Å². The average molecular weight is 232 g/mol. The van der Waals surface area contributed by atoms with E-state index in [0.717, 1.165) is 18.9 Å². The van der Waals surface area contributed by atoms with Crippen molar-refractivity contribution in [2.75, 3.05) is 12.3 Å². The molecule has 0 radical (unpaired) electrons. The molecule has 16 heavy (non-hydrogen) atoms. The molecule has 0 aliphatic heterocycles. The molecule has 0 fully saturated rings. The van der Waals surface area contributed by atoms with E-state index in [4.69, 9.17) is 11.5 Å². The molecule has 0 saturated heterocycles. The zero-order valence-corrected chi connectivity index (χ0v) is 8.85. The SMILES string of the molecule is NCCCCc1cccc(C(F)(F)F)c1N. The molecule has 0 bridgehead atoms. The second kappa shape index (κ2) is 5.21. The summed E-state index contributed by atoms with van der Waals surface area (Å²) in [5.74, 6) is 0. The molecule has 1 aromatic carbocycles. The van der Waals surface area contributed by atoms with Crippen molar-refractivity contribution in [1.82, 2.24) is 0 Å². The van der Waals surface area contributed by atoms with Gasteiger partial charge in [0.05, 0.1) is 5.56 Å². The van der Waals surface area contributed by atoms with Crippen LogP contribution in [-0.4, -0.2) is 6.54 Å². The lowest BCUT2D eigenvalue weighted by Gasteiger charge is -2.13. The number of hydrogen-bond donors (Lipinski definition) is 2. The fourth-order valence-electron chi connectivity index (χ4n) is 1.54. The van der Waals surface area contributed by atoms with E-state index in [0.29, 0.717) is 18.5 Å². The minimum Gasteiger partial charge on any atom is -0.398 e. The Morgan fingerprint density at radius 2 is 1.81 bits per heavy atom. The molecule has 0 aliphatic carbocycles. The molecule has 0 aromatic heterocycles. The molecule has 0 unspecified atom stereocenters. The van der Waals surface area contributed by atoms with Crippen LogP contribution in [0.3, 0.4) is 0 Å². The van der Waals surface area contributed by atoms with Crippen molar-refractivity contribution in [3.63, 3.8) is 0 Å². The third-order valence-corrected chi connectivity index (χ3v) is 2.40. The molecule has 4 N–H and O–H groups in total. The summed E-state index contributed by atoms with van der Waals surface area (Å²) in [4.78, 5) is 0. The van der Waals surface area contributed by atoms with Crippen LogP contribution >= 0.6 is 0 Å². The maximum Gasteiger partial charge on any atom is 0.418 e. The van der Waals surface area contributed by atoms with Gasteiger partial charge in [0.15, 0.2) is 0 Å². The molecule has 0 spiro atoms. The van der Waals surface area contributed by atoms with Crippen LogP contribution in [-0.2, 0) is 12.6 Å². The molecule has 1 aromatic rings. The van der Waals surface area contributed by atoms with Crippen LogP contribution in [0, 0.1) is 0 Å². The van der Waals surface area contributed by atoms with Crippen molar-refractivity contribution in [2.45, 2.75) is 25.4 Å². The van der Waals surface area contributed by atoms with Crippen molar-refractivity contribution in [3.8, 4) is 0 Å². The Bertz CT molecular complexity index is 348. The van der Waals surface area contributed by atoms with Crippen LogP contribution in [0.5, 0.6) is 0 Å². The van der Waals surface area contributed by atoms with Gasteiger partial charge in [-0.25, -0.2) is 0 Å². The van der Waals surface area contributed by atoms with E-state index in [2.05, 4.69) is 0 Å². The Labute approximate surface area is 92.4 Å². The number of hydrogen-bond acceptors (Lipinski definition) is 2. The van der Waals surface area contributed by atoms with Crippen LogP contribution in [0.25, 0.3) is 0 Å². The number of benzene rings is 1. The van der Waals surface area contributed by atoms with Gasteiger partial charge in [-0.3, -0.25) is 0 Å². The topological polar surface area (TPSA) is 52.0 Å². The largest absolute Gasteiger partial charge is 0.418 e. The first kappa shape index (κ1) is 12.8. The summed E-state index contributed by atoms with van der Waals surface area (Å²) < 4.78 is 37.6. The molecular formula is C11H15F3N2. The summed E-state index contributed by atoms with van der Waals surface area (Å²) in [6.45, 7) is 0.541. The van der Waals surface area contributed by atoms with Gasteiger partial charge in [0.1, 0.15) is 0 Å². The third-order valence-electron chi connectivity index (χ3n) is 2.40. The fraction of sp³-hybridized carbons (Fsp3) is 0.455. The highest BCUT2D eigenvalue weighted by atomic mass is 19.4. The molecule has 0 aliphatic rings. The lowest BCUT2D eigenvalue weighted by Crippen LogP contribution is -2.11. The second-order valence-corrected chi connectivity index (χ2v) is 3.62. The molecule has 0 heterocycles. The Morgan fingerprint density at radius 3 is 2.38 bits per heavy atom. The van der Waals surface area contributed by atoms with E-state index in [-0.39, 0.29) is 5.69 Å². The Morgan fingerprint density at radius 1 is 1.12 bits per heavy atom. The predicted molar refractivity (Wildman–Crippen MR) is 57.8 cm³/mol. The number of aryl methyl sites for hydroxylation is 1. The molecule has 0 saturated carbocycles. The normalized spacial score (nSPS) is 11.8. The van der Waals surface area contributed by atoms with E-state index < -0.39 is 11.7 Å². The Hall–Kier alpha value is -1.23. The molecule has 90 valence electrons. The summed E-state index contributed by atoms with van der Waals surface area (Å²) in [6.07, 6.45) is -2.31. The average Bonchev–Trinajstić information content (AvgIpc) is 2.19. The van der Waals surface area contributed by atoms with E-state index in [1.165, 1.54) is 6.07 Å². The molecule has 2 nitrogen and oxygen atoms in total. The molecular weight excluding hydrogens is 217 g/mol. The van der Waals surface area contributed by atoms with E-state index in [9.17, 15) is 13.2 Å².